The third-order valence-corrected chi connectivity index (χ3v) is 3.29. The van der Waals surface area contributed by atoms with E-state index in [2.05, 4.69) is 39.9 Å². The molecule has 0 aromatic carbocycles. The minimum absolute atomic E-state index is 0.445. The summed E-state index contributed by atoms with van der Waals surface area (Å²) >= 11 is 3.63. The fraction of sp³-hybridized carbons (Fsp3) is 0.455. The van der Waals surface area contributed by atoms with Gasteiger partial charge < -0.3 is 0 Å². The van der Waals surface area contributed by atoms with Gasteiger partial charge in [0.25, 0.3) is 0 Å². The van der Waals surface area contributed by atoms with Crippen molar-refractivity contribution in [1.82, 2.24) is 14.6 Å². The molecule has 2 atom stereocenters. The smallest absolute Gasteiger partial charge is 0.155 e. The van der Waals surface area contributed by atoms with Crippen molar-refractivity contribution in [2.45, 2.75) is 31.0 Å². The topological polar surface area (TPSA) is 30.2 Å². The first-order valence-corrected chi connectivity index (χ1v) is 6.08. The largest absolute Gasteiger partial charge is 0.233 e. The van der Waals surface area contributed by atoms with Crippen LogP contribution >= 0.6 is 15.9 Å². The fourth-order valence-electron chi connectivity index (χ4n) is 1.80. The molecule has 0 amide bonds. The maximum absolute atomic E-state index is 4.60. The van der Waals surface area contributed by atoms with Gasteiger partial charge in [0.1, 0.15) is 0 Å². The van der Waals surface area contributed by atoms with E-state index in [1.807, 2.05) is 18.3 Å². The van der Waals surface area contributed by atoms with E-state index in [9.17, 15) is 0 Å². The molecule has 0 saturated carbocycles. The van der Waals surface area contributed by atoms with Gasteiger partial charge in [-0.2, -0.15) is 5.10 Å². The van der Waals surface area contributed by atoms with Crippen LogP contribution < -0.4 is 0 Å². The van der Waals surface area contributed by atoms with E-state index < -0.39 is 0 Å². The lowest BCUT2D eigenvalue weighted by molar-refractivity contribution is 0.642. The van der Waals surface area contributed by atoms with E-state index in [0.29, 0.717) is 10.7 Å². The molecular weight excluding hydrogens is 254 g/mol. The Kier molecular flexibility index (Phi) is 3.05. The second-order valence-corrected chi connectivity index (χ2v) is 5.12. The number of halogens is 1. The predicted octanol–water partition coefficient (Wildman–Crippen LogP) is 3.01. The third-order valence-electron chi connectivity index (χ3n) is 2.65. The second kappa shape index (κ2) is 4.31. The van der Waals surface area contributed by atoms with E-state index in [1.54, 1.807) is 10.7 Å². The Balaban J connectivity index is 2.41. The lowest BCUT2D eigenvalue weighted by Crippen LogP contribution is -2.10. The minimum atomic E-state index is 0.445. The molecule has 0 spiro atoms. The Morgan fingerprint density at radius 2 is 2.27 bits per heavy atom. The number of hydrogen-bond donors (Lipinski definition) is 0. The number of fused-ring (bicyclic) bond motifs is 1. The maximum atomic E-state index is 4.60. The first kappa shape index (κ1) is 10.6. The normalized spacial score (nSPS) is 15.4. The van der Waals surface area contributed by atoms with E-state index in [-0.39, 0.29) is 0 Å². The highest BCUT2D eigenvalue weighted by molar-refractivity contribution is 9.09. The van der Waals surface area contributed by atoms with Crippen LogP contribution in [0.2, 0.25) is 0 Å². The van der Waals surface area contributed by atoms with Crippen LogP contribution in [0.15, 0.2) is 24.5 Å². The zero-order valence-electron chi connectivity index (χ0n) is 8.89. The zero-order chi connectivity index (χ0) is 10.8. The molecule has 0 aliphatic rings. The van der Waals surface area contributed by atoms with Crippen molar-refractivity contribution in [3.63, 3.8) is 0 Å². The first-order valence-electron chi connectivity index (χ1n) is 5.16. The quantitative estimate of drug-likeness (QED) is 0.801. The van der Waals surface area contributed by atoms with Crippen molar-refractivity contribution in [1.29, 1.82) is 0 Å². The molecule has 2 aromatic heterocycles. The summed E-state index contributed by atoms with van der Waals surface area (Å²) in [6.07, 6.45) is 4.82. The molecular formula is C11H14BrN3. The Hall–Kier alpha value is -0.900. The monoisotopic (exact) mass is 267 g/mol. The van der Waals surface area contributed by atoms with Crippen molar-refractivity contribution < 1.29 is 0 Å². The molecule has 0 saturated heterocycles. The van der Waals surface area contributed by atoms with Gasteiger partial charge in [-0.25, -0.2) is 9.50 Å². The van der Waals surface area contributed by atoms with Crippen LogP contribution in [0, 0.1) is 0 Å². The Labute approximate surface area is 97.6 Å². The number of hydrogen-bond acceptors (Lipinski definition) is 2. The highest BCUT2D eigenvalue weighted by Gasteiger charge is 2.16. The SMILES string of the molecule is CCC(c1ccn2nccc2n1)C(C)Br. The Morgan fingerprint density at radius 3 is 2.93 bits per heavy atom. The van der Waals surface area contributed by atoms with Crippen LogP contribution in [0.1, 0.15) is 31.9 Å². The summed E-state index contributed by atoms with van der Waals surface area (Å²) in [5.74, 6) is 0.463. The van der Waals surface area contributed by atoms with Crippen molar-refractivity contribution in [3.8, 4) is 0 Å². The van der Waals surface area contributed by atoms with Gasteiger partial charge in [-0.05, 0) is 12.5 Å². The van der Waals surface area contributed by atoms with Crippen molar-refractivity contribution in [3.05, 3.63) is 30.2 Å². The van der Waals surface area contributed by atoms with E-state index in [1.165, 1.54) is 0 Å². The Bertz CT molecular complexity index is 450. The molecule has 2 heterocycles. The average Bonchev–Trinajstić information content (AvgIpc) is 2.65. The summed E-state index contributed by atoms with van der Waals surface area (Å²) in [7, 11) is 0. The molecule has 15 heavy (non-hydrogen) atoms. The zero-order valence-corrected chi connectivity index (χ0v) is 10.5. The summed E-state index contributed by atoms with van der Waals surface area (Å²) in [5, 5.41) is 4.13. The average molecular weight is 268 g/mol. The highest BCUT2D eigenvalue weighted by Crippen LogP contribution is 2.26. The van der Waals surface area contributed by atoms with Gasteiger partial charge in [-0.1, -0.05) is 29.8 Å². The number of aromatic nitrogens is 3. The van der Waals surface area contributed by atoms with E-state index in [0.717, 1.165) is 17.8 Å². The molecule has 0 aliphatic carbocycles. The molecule has 0 radical (unpaired) electrons. The van der Waals surface area contributed by atoms with Crippen LogP contribution in [-0.4, -0.2) is 19.4 Å². The lowest BCUT2D eigenvalue weighted by Gasteiger charge is -2.16. The standard InChI is InChI=1S/C11H14BrN3/c1-3-9(8(2)12)10-5-7-15-11(14-10)4-6-13-15/h4-9H,3H2,1-2H3. The van der Waals surface area contributed by atoms with Gasteiger partial charge in [0.15, 0.2) is 5.65 Å². The van der Waals surface area contributed by atoms with Gasteiger partial charge in [0.05, 0.1) is 6.20 Å². The molecule has 0 N–H and O–H groups in total. The van der Waals surface area contributed by atoms with E-state index >= 15 is 0 Å². The minimum Gasteiger partial charge on any atom is -0.233 e. The summed E-state index contributed by atoms with van der Waals surface area (Å²) in [4.78, 5) is 5.04. The summed E-state index contributed by atoms with van der Waals surface area (Å²) in [6, 6.07) is 3.97. The molecule has 0 fully saturated rings. The van der Waals surface area contributed by atoms with Gasteiger partial charge >= 0.3 is 0 Å². The van der Waals surface area contributed by atoms with Gasteiger partial charge in [0.2, 0.25) is 0 Å². The highest BCUT2D eigenvalue weighted by atomic mass is 79.9. The van der Waals surface area contributed by atoms with Gasteiger partial charge in [-0.3, -0.25) is 0 Å². The molecule has 2 rings (SSSR count). The first-order chi connectivity index (χ1) is 7.22. The summed E-state index contributed by atoms with van der Waals surface area (Å²) in [6.45, 7) is 4.35. The number of rotatable bonds is 3. The molecule has 3 nitrogen and oxygen atoms in total. The number of alkyl halides is 1. The van der Waals surface area contributed by atoms with E-state index in [4.69, 9.17) is 0 Å². The van der Waals surface area contributed by atoms with Gasteiger partial charge in [-0.15, -0.1) is 0 Å². The second-order valence-electron chi connectivity index (χ2n) is 3.68. The fourth-order valence-corrected chi connectivity index (χ4v) is 2.45. The summed E-state index contributed by atoms with van der Waals surface area (Å²) < 4.78 is 1.79. The van der Waals surface area contributed by atoms with Crippen LogP contribution in [0.25, 0.3) is 5.65 Å². The van der Waals surface area contributed by atoms with Crippen molar-refractivity contribution >= 4 is 21.6 Å². The maximum Gasteiger partial charge on any atom is 0.155 e. The van der Waals surface area contributed by atoms with Crippen molar-refractivity contribution in [2.75, 3.05) is 0 Å². The predicted molar refractivity (Wildman–Crippen MR) is 64.4 cm³/mol. The Morgan fingerprint density at radius 1 is 1.47 bits per heavy atom. The van der Waals surface area contributed by atoms with Crippen molar-refractivity contribution in [2.24, 2.45) is 0 Å². The lowest BCUT2D eigenvalue weighted by atomic mass is 9.99. The third kappa shape index (κ3) is 2.04. The van der Waals surface area contributed by atoms with Crippen LogP contribution in [-0.2, 0) is 0 Å². The molecule has 80 valence electrons. The van der Waals surface area contributed by atoms with Crippen LogP contribution in [0.3, 0.4) is 0 Å². The van der Waals surface area contributed by atoms with Crippen LogP contribution in [0.5, 0.6) is 0 Å². The molecule has 0 aliphatic heterocycles. The summed E-state index contributed by atoms with van der Waals surface area (Å²) in [5.41, 5.74) is 2.05. The molecule has 2 unspecified atom stereocenters. The molecule has 4 heteroatoms. The molecule has 0 bridgehead atoms. The number of nitrogens with zero attached hydrogens (tertiary/aromatic N) is 3. The van der Waals surface area contributed by atoms with Gasteiger partial charge in [0, 0.05) is 28.7 Å². The molecule has 2 aromatic rings. The van der Waals surface area contributed by atoms with Crippen LogP contribution in [0.4, 0.5) is 0 Å².